The van der Waals surface area contributed by atoms with Gasteiger partial charge in [-0.25, -0.2) is 4.39 Å². The minimum Gasteiger partial charge on any atom is -0.358 e. The van der Waals surface area contributed by atoms with Gasteiger partial charge in [-0.1, -0.05) is 43.0 Å². The van der Waals surface area contributed by atoms with Gasteiger partial charge >= 0.3 is 0 Å². The highest BCUT2D eigenvalue weighted by molar-refractivity contribution is 6.02. The molecule has 0 atom stereocenters. The number of allylic oxidation sites excluding steroid dienone is 1. The third-order valence-corrected chi connectivity index (χ3v) is 7.09. The lowest BCUT2D eigenvalue weighted by Crippen LogP contribution is -2.00. The Morgan fingerprint density at radius 2 is 1.73 bits per heavy atom. The topological polar surface area (TPSA) is 69.4 Å². The lowest BCUT2D eigenvalue weighted by atomic mass is 10.0. The number of anilines is 1. The van der Waals surface area contributed by atoms with Crippen molar-refractivity contribution < 1.29 is 4.39 Å². The number of fused-ring (bicyclic) bond motifs is 2. The summed E-state index contributed by atoms with van der Waals surface area (Å²) in [5, 5.41) is 13.1. The Labute approximate surface area is 213 Å². The van der Waals surface area contributed by atoms with E-state index in [2.05, 4.69) is 56.3 Å². The Hall–Kier alpha value is -4.71. The number of nitrogens with zero attached hydrogens (tertiary/aromatic N) is 2. The second kappa shape index (κ2) is 8.45. The molecule has 0 spiro atoms. The molecule has 7 rings (SSSR count). The van der Waals surface area contributed by atoms with E-state index in [4.69, 9.17) is 0 Å². The minimum atomic E-state index is -0.237. The van der Waals surface area contributed by atoms with E-state index in [1.54, 1.807) is 6.07 Å². The van der Waals surface area contributed by atoms with Gasteiger partial charge in [-0.2, -0.15) is 5.10 Å². The highest BCUT2D eigenvalue weighted by Crippen LogP contribution is 2.37. The first-order valence-corrected chi connectivity index (χ1v) is 12.4. The molecule has 6 aromatic rings. The fourth-order valence-corrected chi connectivity index (χ4v) is 4.98. The standard InChI is InChI=1S/C31H24FN5/c1-18(19-9-10-19)34-22-13-21(16-33-17-22)20-11-12-29-26(14-20)31(37-36-29)30-15-25-23(6-4-8-28(25)35-30)24-5-2-3-7-27(24)32/h2-8,11-17,19,34-35H,1,9-10H2,(H,36,37). The van der Waals surface area contributed by atoms with E-state index < -0.39 is 0 Å². The summed E-state index contributed by atoms with van der Waals surface area (Å²) in [4.78, 5) is 7.94. The zero-order valence-corrected chi connectivity index (χ0v) is 20.1. The van der Waals surface area contributed by atoms with Crippen molar-refractivity contribution in [3.63, 3.8) is 0 Å². The van der Waals surface area contributed by atoms with Crippen LogP contribution in [0.5, 0.6) is 0 Å². The van der Waals surface area contributed by atoms with E-state index in [1.165, 1.54) is 18.9 Å². The SMILES string of the molecule is C=C(Nc1cncc(-c2ccc3[nH]nc(-c4cc5c(-c6ccccc6F)cccc5[nH]4)c3c2)c1)C1CC1. The number of aromatic nitrogens is 4. The van der Waals surface area contributed by atoms with Gasteiger partial charge in [-0.3, -0.25) is 10.1 Å². The van der Waals surface area contributed by atoms with Crippen LogP contribution in [-0.4, -0.2) is 20.2 Å². The number of halogens is 1. The Balaban J connectivity index is 1.29. The lowest BCUT2D eigenvalue weighted by molar-refractivity contribution is 0.631. The maximum atomic E-state index is 14.6. The van der Waals surface area contributed by atoms with Crippen LogP contribution >= 0.6 is 0 Å². The molecule has 0 bridgehead atoms. The predicted octanol–water partition coefficient (Wildman–Crippen LogP) is 7.91. The van der Waals surface area contributed by atoms with E-state index in [0.29, 0.717) is 11.5 Å². The Kier molecular flexibility index (Phi) is 4.92. The maximum Gasteiger partial charge on any atom is 0.131 e. The fourth-order valence-electron chi connectivity index (χ4n) is 4.98. The Bertz CT molecular complexity index is 1810. The average molecular weight is 486 g/mol. The molecule has 5 nitrogen and oxygen atoms in total. The fraction of sp³-hybridized carbons (Fsp3) is 0.0968. The number of pyridine rings is 1. The van der Waals surface area contributed by atoms with Crippen molar-refractivity contribution in [2.45, 2.75) is 12.8 Å². The highest BCUT2D eigenvalue weighted by Gasteiger charge is 2.24. The van der Waals surface area contributed by atoms with Gasteiger partial charge in [0, 0.05) is 39.3 Å². The van der Waals surface area contributed by atoms with Crippen molar-refractivity contribution in [2.24, 2.45) is 5.92 Å². The molecule has 0 saturated heterocycles. The van der Waals surface area contributed by atoms with Crippen molar-refractivity contribution in [1.82, 2.24) is 20.2 Å². The summed E-state index contributed by atoms with van der Waals surface area (Å²) >= 11 is 0. The number of nitrogens with one attached hydrogen (secondary N) is 3. The first-order chi connectivity index (χ1) is 18.1. The van der Waals surface area contributed by atoms with Gasteiger partial charge in [0.2, 0.25) is 0 Å². The molecule has 1 aliphatic carbocycles. The summed E-state index contributed by atoms with van der Waals surface area (Å²) in [6.45, 7) is 4.17. The molecule has 0 aliphatic heterocycles. The zero-order valence-electron chi connectivity index (χ0n) is 20.1. The molecular weight excluding hydrogens is 461 g/mol. The van der Waals surface area contributed by atoms with Crippen LogP contribution in [0.25, 0.3) is 55.4 Å². The quantitative estimate of drug-likeness (QED) is 0.224. The van der Waals surface area contributed by atoms with E-state index in [-0.39, 0.29) is 5.82 Å². The van der Waals surface area contributed by atoms with Crippen LogP contribution in [0.2, 0.25) is 0 Å². The van der Waals surface area contributed by atoms with Crippen LogP contribution in [0.1, 0.15) is 12.8 Å². The number of hydrogen-bond acceptors (Lipinski definition) is 3. The number of benzene rings is 3. The molecule has 0 amide bonds. The van der Waals surface area contributed by atoms with Crippen LogP contribution in [0.4, 0.5) is 10.1 Å². The smallest absolute Gasteiger partial charge is 0.131 e. The number of aromatic amines is 2. The van der Waals surface area contributed by atoms with E-state index in [9.17, 15) is 4.39 Å². The van der Waals surface area contributed by atoms with Gasteiger partial charge in [-0.05, 0) is 66.3 Å². The molecule has 1 saturated carbocycles. The van der Waals surface area contributed by atoms with Crippen molar-refractivity contribution >= 4 is 27.5 Å². The third-order valence-electron chi connectivity index (χ3n) is 7.09. The molecule has 3 heterocycles. The predicted molar refractivity (Wildman–Crippen MR) is 147 cm³/mol. The van der Waals surface area contributed by atoms with E-state index in [1.807, 2.05) is 48.8 Å². The average Bonchev–Trinajstić information content (AvgIpc) is 3.55. The second-order valence-electron chi connectivity index (χ2n) is 9.65. The van der Waals surface area contributed by atoms with Crippen molar-refractivity contribution in [2.75, 3.05) is 5.32 Å². The van der Waals surface area contributed by atoms with Crippen LogP contribution < -0.4 is 5.32 Å². The summed E-state index contributed by atoms with van der Waals surface area (Å²) < 4.78 is 14.6. The first-order valence-electron chi connectivity index (χ1n) is 12.4. The normalized spacial score (nSPS) is 13.3. The first kappa shape index (κ1) is 21.6. The molecule has 3 aromatic carbocycles. The van der Waals surface area contributed by atoms with Crippen molar-refractivity contribution in [3.05, 3.63) is 103 Å². The summed E-state index contributed by atoms with van der Waals surface area (Å²) in [6.07, 6.45) is 6.11. The van der Waals surface area contributed by atoms with Crippen LogP contribution in [0, 0.1) is 11.7 Å². The second-order valence-corrected chi connectivity index (χ2v) is 9.65. The van der Waals surface area contributed by atoms with Gasteiger partial charge in [0.1, 0.15) is 11.5 Å². The molecule has 3 aromatic heterocycles. The number of rotatable bonds is 6. The van der Waals surface area contributed by atoms with Gasteiger partial charge in [0.05, 0.1) is 23.1 Å². The number of H-pyrrole nitrogens is 2. The van der Waals surface area contributed by atoms with Gasteiger partial charge in [0.25, 0.3) is 0 Å². The lowest BCUT2D eigenvalue weighted by Gasteiger charge is -2.10. The highest BCUT2D eigenvalue weighted by atomic mass is 19.1. The molecule has 37 heavy (non-hydrogen) atoms. The minimum absolute atomic E-state index is 0.237. The summed E-state index contributed by atoms with van der Waals surface area (Å²) in [5.41, 5.74) is 9.05. The van der Waals surface area contributed by atoms with E-state index >= 15 is 0 Å². The Morgan fingerprint density at radius 1 is 0.865 bits per heavy atom. The molecule has 0 unspecified atom stereocenters. The zero-order chi connectivity index (χ0) is 24.9. The molecule has 1 aliphatic rings. The molecule has 180 valence electrons. The van der Waals surface area contributed by atoms with Gasteiger partial charge in [-0.15, -0.1) is 0 Å². The molecular formula is C31H24FN5. The third kappa shape index (κ3) is 3.87. The van der Waals surface area contributed by atoms with Gasteiger partial charge in [0.15, 0.2) is 0 Å². The molecule has 1 fully saturated rings. The molecule has 3 N–H and O–H groups in total. The molecule has 0 radical (unpaired) electrons. The maximum absolute atomic E-state index is 14.6. The largest absolute Gasteiger partial charge is 0.358 e. The molecule has 6 heteroatoms. The monoisotopic (exact) mass is 485 g/mol. The number of hydrogen-bond donors (Lipinski definition) is 3. The van der Waals surface area contributed by atoms with E-state index in [0.717, 1.165) is 61.3 Å². The van der Waals surface area contributed by atoms with Crippen LogP contribution in [-0.2, 0) is 0 Å². The van der Waals surface area contributed by atoms with Crippen molar-refractivity contribution in [1.29, 1.82) is 0 Å². The van der Waals surface area contributed by atoms with Crippen LogP contribution in [0.15, 0.2) is 97.5 Å². The Morgan fingerprint density at radius 3 is 2.59 bits per heavy atom. The summed E-state index contributed by atoms with van der Waals surface area (Å²) in [7, 11) is 0. The van der Waals surface area contributed by atoms with Gasteiger partial charge < -0.3 is 10.3 Å². The summed E-state index contributed by atoms with van der Waals surface area (Å²) in [5.74, 6) is 0.336. The van der Waals surface area contributed by atoms with Crippen molar-refractivity contribution in [3.8, 4) is 33.6 Å². The summed E-state index contributed by atoms with van der Waals surface area (Å²) in [6, 6.07) is 23.2. The van der Waals surface area contributed by atoms with Crippen LogP contribution in [0.3, 0.4) is 0 Å².